The second-order valence-electron chi connectivity index (χ2n) is 20.6. The summed E-state index contributed by atoms with van der Waals surface area (Å²) in [6, 6.07) is 0. The van der Waals surface area contributed by atoms with E-state index in [0.29, 0.717) is 19.3 Å². The highest BCUT2D eigenvalue weighted by molar-refractivity contribution is 5.71. The normalized spacial score (nSPS) is 12.4. The van der Waals surface area contributed by atoms with Crippen LogP contribution in [0, 0.1) is 0 Å². The first-order chi connectivity index (χ1) is 35.0. The van der Waals surface area contributed by atoms with Gasteiger partial charge in [0.2, 0.25) is 0 Å². The Morgan fingerprint density at radius 1 is 0.296 bits per heavy atom. The van der Waals surface area contributed by atoms with Crippen LogP contribution in [0.25, 0.3) is 0 Å². The van der Waals surface area contributed by atoms with Gasteiger partial charge in [-0.3, -0.25) is 14.4 Å². The molecule has 0 aromatic heterocycles. The molecule has 0 bridgehead atoms. The maximum atomic E-state index is 12.9. The second kappa shape index (κ2) is 59.7. The van der Waals surface area contributed by atoms with Gasteiger partial charge in [-0.25, -0.2) is 0 Å². The fourth-order valence-electron chi connectivity index (χ4n) is 8.90. The number of rotatable bonds is 56. The molecule has 0 radical (unpaired) electrons. The van der Waals surface area contributed by atoms with E-state index in [4.69, 9.17) is 14.2 Å². The van der Waals surface area contributed by atoms with Gasteiger partial charge >= 0.3 is 17.9 Å². The lowest BCUT2D eigenvalue weighted by Gasteiger charge is -2.18. The predicted octanol–water partition coefficient (Wildman–Crippen LogP) is 20.8. The Labute approximate surface area is 440 Å². The highest BCUT2D eigenvalue weighted by Gasteiger charge is 2.19. The van der Waals surface area contributed by atoms with Crippen LogP contribution in [0.1, 0.15) is 316 Å². The van der Waals surface area contributed by atoms with Crippen LogP contribution in [0.3, 0.4) is 0 Å². The monoisotopic (exact) mass is 993 g/mol. The van der Waals surface area contributed by atoms with Gasteiger partial charge in [0, 0.05) is 19.3 Å². The number of ether oxygens (including phenoxy) is 3. The quantitative estimate of drug-likeness (QED) is 0.0261. The molecule has 0 spiro atoms. The molecule has 0 aromatic carbocycles. The average molecular weight is 994 g/mol. The third-order valence-electron chi connectivity index (χ3n) is 13.5. The summed E-state index contributed by atoms with van der Waals surface area (Å²) in [5, 5.41) is 0. The SMILES string of the molecule is CC/C=C\C/C=C\C/C=C\CCCCCCCCCC(=O)OC(COC(=O)CCCCCCCCCCC/C=C\C/C=C\CCCCCCC)COC(=O)CCCCCCCCCCCCCCCCC. The fourth-order valence-corrected chi connectivity index (χ4v) is 8.90. The number of esters is 3. The third kappa shape index (κ3) is 57.9. The van der Waals surface area contributed by atoms with Gasteiger partial charge in [-0.15, -0.1) is 0 Å². The summed E-state index contributed by atoms with van der Waals surface area (Å²) in [6.07, 6.45) is 75.0. The Kier molecular flexibility index (Phi) is 57.2. The van der Waals surface area contributed by atoms with Crippen LogP contribution in [0.2, 0.25) is 0 Å². The van der Waals surface area contributed by atoms with E-state index in [9.17, 15) is 14.4 Å². The molecule has 0 aliphatic rings. The summed E-state index contributed by atoms with van der Waals surface area (Å²) in [5.41, 5.74) is 0. The van der Waals surface area contributed by atoms with Crippen molar-refractivity contribution in [3.05, 3.63) is 60.8 Å². The summed E-state index contributed by atoms with van der Waals surface area (Å²) in [5.74, 6) is -0.874. The summed E-state index contributed by atoms with van der Waals surface area (Å²) in [7, 11) is 0. The number of unbranched alkanes of at least 4 members (excludes halogenated alkanes) is 35. The minimum atomic E-state index is -0.780. The first-order valence-electron chi connectivity index (χ1n) is 30.8. The summed E-state index contributed by atoms with van der Waals surface area (Å²) in [6.45, 7) is 6.55. The Hall–Kier alpha value is -2.89. The molecule has 0 amide bonds. The van der Waals surface area contributed by atoms with E-state index >= 15 is 0 Å². The van der Waals surface area contributed by atoms with Crippen molar-refractivity contribution < 1.29 is 28.6 Å². The molecular weight excluding hydrogens is 877 g/mol. The summed E-state index contributed by atoms with van der Waals surface area (Å²) < 4.78 is 16.9. The first-order valence-corrected chi connectivity index (χ1v) is 30.8. The lowest BCUT2D eigenvalue weighted by Crippen LogP contribution is -2.30. The van der Waals surface area contributed by atoms with E-state index < -0.39 is 6.10 Å². The highest BCUT2D eigenvalue weighted by atomic mass is 16.6. The third-order valence-corrected chi connectivity index (χ3v) is 13.5. The van der Waals surface area contributed by atoms with Gasteiger partial charge < -0.3 is 14.2 Å². The molecule has 0 saturated carbocycles. The Morgan fingerprint density at radius 3 is 0.859 bits per heavy atom. The molecule has 1 atom stereocenters. The molecule has 1 unspecified atom stereocenters. The predicted molar refractivity (Wildman–Crippen MR) is 307 cm³/mol. The first kappa shape index (κ1) is 68.1. The van der Waals surface area contributed by atoms with Crippen molar-refractivity contribution in [3.63, 3.8) is 0 Å². The zero-order valence-corrected chi connectivity index (χ0v) is 47.2. The summed E-state index contributed by atoms with van der Waals surface area (Å²) in [4.78, 5) is 38.3. The number of allylic oxidation sites excluding steroid dienone is 10. The van der Waals surface area contributed by atoms with Crippen molar-refractivity contribution in [3.8, 4) is 0 Å². The second-order valence-corrected chi connectivity index (χ2v) is 20.6. The number of hydrogen-bond acceptors (Lipinski definition) is 6. The van der Waals surface area contributed by atoms with Gasteiger partial charge in [0.15, 0.2) is 6.10 Å². The van der Waals surface area contributed by atoms with Crippen molar-refractivity contribution in [1.29, 1.82) is 0 Å². The van der Waals surface area contributed by atoms with Crippen LogP contribution in [-0.2, 0) is 28.6 Å². The molecular formula is C65H116O6. The average Bonchev–Trinajstić information content (AvgIpc) is 3.37. The van der Waals surface area contributed by atoms with Crippen LogP contribution in [0.15, 0.2) is 60.8 Å². The maximum Gasteiger partial charge on any atom is 0.306 e. The topological polar surface area (TPSA) is 78.9 Å². The molecule has 0 aliphatic carbocycles. The van der Waals surface area contributed by atoms with Gasteiger partial charge in [-0.05, 0) is 83.5 Å². The zero-order chi connectivity index (χ0) is 51.4. The lowest BCUT2D eigenvalue weighted by atomic mass is 10.0. The molecule has 0 rings (SSSR count). The Bertz CT molecular complexity index is 1280. The molecule has 412 valence electrons. The van der Waals surface area contributed by atoms with E-state index in [2.05, 4.69) is 81.5 Å². The zero-order valence-electron chi connectivity index (χ0n) is 47.2. The van der Waals surface area contributed by atoms with Gasteiger partial charge in [0.05, 0.1) is 0 Å². The van der Waals surface area contributed by atoms with Gasteiger partial charge in [-0.1, -0.05) is 274 Å². The van der Waals surface area contributed by atoms with Gasteiger partial charge in [-0.2, -0.15) is 0 Å². The van der Waals surface area contributed by atoms with Crippen molar-refractivity contribution >= 4 is 17.9 Å². The van der Waals surface area contributed by atoms with E-state index in [0.717, 1.165) is 89.9 Å². The van der Waals surface area contributed by atoms with Crippen LogP contribution in [0.4, 0.5) is 0 Å². The molecule has 0 heterocycles. The van der Waals surface area contributed by atoms with Gasteiger partial charge in [0.25, 0.3) is 0 Å². The Morgan fingerprint density at radius 2 is 0.549 bits per heavy atom. The van der Waals surface area contributed by atoms with Crippen LogP contribution in [-0.4, -0.2) is 37.2 Å². The van der Waals surface area contributed by atoms with E-state index in [1.807, 2.05) is 0 Å². The van der Waals surface area contributed by atoms with E-state index in [1.165, 1.54) is 186 Å². The van der Waals surface area contributed by atoms with Gasteiger partial charge in [0.1, 0.15) is 13.2 Å². The van der Waals surface area contributed by atoms with Crippen molar-refractivity contribution in [1.82, 2.24) is 0 Å². The summed E-state index contributed by atoms with van der Waals surface area (Å²) >= 11 is 0. The van der Waals surface area contributed by atoms with Crippen LogP contribution < -0.4 is 0 Å². The van der Waals surface area contributed by atoms with Crippen LogP contribution in [0.5, 0.6) is 0 Å². The molecule has 71 heavy (non-hydrogen) atoms. The van der Waals surface area contributed by atoms with E-state index in [-0.39, 0.29) is 31.1 Å². The molecule has 0 aromatic rings. The minimum absolute atomic E-state index is 0.0766. The number of hydrogen-bond donors (Lipinski definition) is 0. The fraction of sp³-hybridized carbons (Fsp3) is 0.800. The van der Waals surface area contributed by atoms with E-state index in [1.54, 1.807) is 0 Å². The molecule has 0 fully saturated rings. The molecule has 6 heteroatoms. The largest absolute Gasteiger partial charge is 0.462 e. The van der Waals surface area contributed by atoms with Crippen LogP contribution >= 0.6 is 0 Å². The maximum absolute atomic E-state index is 12.9. The number of carbonyl (C=O) groups excluding carboxylic acids is 3. The molecule has 0 aliphatic heterocycles. The standard InChI is InChI=1S/C65H116O6/c1-4-7-10-13-16-19-22-25-28-30-31-32-33-35-37-40-43-46-49-52-55-58-64(67)70-61-62(60-69-63(66)57-54-51-48-45-42-39-36-27-24-21-18-15-12-9-6-3)71-65(68)59-56-53-50-47-44-41-38-34-29-26-23-20-17-14-11-8-5-2/h8,11,17,20,22,25-26,29-31,62H,4-7,9-10,12-16,18-19,21,23-24,27-28,32-61H2,1-3H3/b11-8-,20-17-,25-22-,29-26-,31-30-. The van der Waals surface area contributed by atoms with Crippen molar-refractivity contribution in [2.45, 2.75) is 322 Å². The molecule has 0 saturated heterocycles. The Balaban J connectivity index is 4.35. The minimum Gasteiger partial charge on any atom is -0.462 e. The lowest BCUT2D eigenvalue weighted by molar-refractivity contribution is -0.167. The molecule has 6 nitrogen and oxygen atoms in total. The number of carbonyl (C=O) groups is 3. The smallest absolute Gasteiger partial charge is 0.306 e. The van der Waals surface area contributed by atoms with Crippen molar-refractivity contribution in [2.75, 3.05) is 13.2 Å². The molecule has 0 N–H and O–H groups in total. The van der Waals surface area contributed by atoms with Crippen molar-refractivity contribution in [2.24, 2.45) is 0 Å². The highest BCUT2D eigenvalue weighted by Crippen LogP contribution is 2.17.